The summed E-state index contributed by atoms with van der Waals surface area (Å²) in [6.07, 6.45) is 6.09. The number of nitrogens with two attached hydrogens (primary N) is 1. The number of fused-ring (bicyclic) bond motifs is 2. The van der Waals surface area contributed by atoms with Gasteiger partial charge in [0, 0.05) is 50.4 Å². The highest BCUT2D eigenvalue weighted by Crippen LogP contribution is 2.37. The summed E-state index contributed by atoms with van der Waals surface area (Å²) in [4.78, 5) is 23.0. The van der Waals surface area contributed by atoms with Gasteiger partial charge in [-0.1, -0.05) is 29.4 Å². The standard InChI is InChI=1S/C29H33N9O.C2H4O2/c1-36-14-16-37(17-15-36)21-10-12-22(13-11-21)38-29-25(27(30)31-18-32-29)26(34-38)19-6-8-20(9-7-19)33-28-23-4-2-3-5-24(23)39-35-28;1-2(3)4/h2-9,18,21-22H,10-17H2,1H3,(H,33,35)(H2,30,31,32);1H3,(H,3,4). The molecule has 12 nitrogen and oxygen atoms in total. The van der Waals surface area contributed by atoms with Crippen molar-refractivity contribution in [3.05, 3.63) is 54.9 Å². The van der Waals surface area contributed by atoms with Crippen LogP contribution in [0.1, 0.15) is 38.6 Å². The Morgan fingerprint density at radius 1 is 0.977 bits per heavy atom. The number of aromatic nitrogens is 5. The molecule has 1 aliphatic heterocycles. The second-order valence-corrected chi connectivity index (χ2v) is 11.3. The third-order valence-electron chi connectivity index (χ3n) is 8.38. The van der Waals surface area contributed by atoms with Crippen LogP contribution in [0.3, 0.4) is 0 Å². The van der Waals surface area contributed by atoms with Gasteiger partial charge in [0.2, 0.25) is 0 Å². The summed E-state index contributed by atoms with van der Waals surface area (Å²) in [7, 11) is 2.21. The van der Waals surface area contributed by atoms with Gasteiger partial charge in [0.25, 0.3) is 5.97 Å². The number of hydrogen-bond donors (Lipinski definition) is 3. The Hall–Kier alpha value is -4.55. The van der Waals surface area contributed by atoms with E-state index in [-0.39, 0.29) is 0 Å². The Morgan fingerprint density at radius 3 is 2.37 bits per heavy atom. The van der Waals surface area contributed by atoms with E-state index in [0.717, 1.165) is 71.8 Å². The Balaban J connectivity index is 0.000000777. The lowest BCUT2D eigenvalue weighted by atomic mass is 9.90. The molecule has 224 valence electrons. The lowest BCUT2D eigenvalue weighted by molar-refractivity contribution is -0.134. The van der Waals surface area contributed by atoms with Gasteiger partial charge < -0.3 is 25.6 Å². The van der Waals surface area contributed by atoms with Gasteiger partial charge in [0.15, 0.2) is 17.0 Å². The summed E-state index contributed by atoms with van der Waals surface area (Å²) in [6, 6.07) is 16.9. The quantitative estimate of drug-likeness (QED) is 0.262. The van der Waals surface area contributed by atoms with E-state index in [1.807, 2.05) is 48.5 Å². The Bertz CT molecular complexity index is 1700. The maximum atomic E-state index is 9.00. The zero-order chi connectivity index (χ0) is 29.9. The largest absolute Gasteiger partial charge is 0.481 e. The van der Waals surface area contributed by atoms with Gasteiger partial charge in [-0.3, -0.25) is 9.69 Å². The van der Waals surface area contributed by atoms with Crippen molar-refractivity contribution in [3.8, 4) is 11.3 Å². The number of rotatable bonds is 5. The fourth-order valence-corrected chi connectivity index (χ4v) is 6.13. The topological polar surface area (TPSA) is 151 Å². The molecule has 0 atom stereocenters. The molecule has 2 aliphatic rings. The van der Waals surface area contributed by atoms with E-state index in [1.54, 1.807) is 6.33 Å². The molecule has 0 amide bonds. The van der Waals surface area contributed by atoms with Gasteiger partial charge in [-0.15, -0.1) is 0 Å². The number of para-hydroxylation sites is 1. The minimum absolute atomic E-state index is 0.306. The van der Waals surface area contributed by atoms with Crippen molar-refractivity contribution in [1.82, 2.24) is 34.7 Å². The number of aliphatic carboxylic acids is 1. The average Bonchev–Trinajstić information content (AvgIpc) is 3.61. The summed E-state index contributed by atoms with van der Waals surface area (Å²) in [5.74, 6) is 0.321. The molecular formula is C31H37N9O3. The van der Waals surface area contributed by atoms with Crippen LogP contribution in [0.4, 0.5) is 17.3 Å². The molecule has 5 aromatic rings. The van der Waals surface area contributed by atoms with E-state index in [1.165, 1.54) is 25.9 Å². The molecule has 4 heterocycles. The summed E-state index contributed by atoms with van der Waals surface area (Å²) < 4.78 is 7.53. The van der Waals surface area contributed by atoms with Crippen molar-refractivity contribution in [2.45, 2.75) is 44.7 Å². The molecule has 1 saturated carbocycles. The number of piperazine rings is 1. The highest BCUT2D eigenvalue weighted by atomic mass is 16.5. The smallest absolute Gasteiger partial charge is 0.300 e. The monoisotopic (exact) mass is 583 g/mol. The number of nitrogen functional groups attached to an aromatic ring is 1. The number of carboxylic acids is 1. The average molecular weight is 584 g/mol. The van der Waals surface area contributed by atoms with Crippen LogP contribution in [0.5, 0.6) is 0 Å². The van der Waals surface area contributed by atoms with Crippen molar-refractivity contribution in [2.75, 3.05) is 44.3 Å². The van der Waals surface area contributed by atoms with Crippen molar-refractivity contribution >= 4 is 45.3 Å². The Morgan fingerprint density at radius 2 is 1.65 bits per heavy atom. The van der Waals surface area contributed by atoms with E-state index >= 15 is 0 Å². The Kier molecular flexibility index (Phi) is 8.21. The molecule has 0 unspecified atom stereocenters. The first-order valence-corrected chi connectivity index (χ1v) is 14.7. The van der Waals surface area contributed by atoms with Crippen LogP contribution < -0.4 is 11.1 Å². The predicted molar refractivity (Wildman–Crippen MR) is 166 cm³/mol. The molecule has 0 radical (unpaired) electrons. The molecule has 12 heteroatoms. The fraction of sp³-hybridized carbons (Fsp3) is 0.387. The van der Waals surface area contributed by atoms with E-state index in [9.17, 15) is 0 Å². The van der Waals surface area contributed by atoms with Gasteiger partial charge in [-0.25, -0.2) is 14.6 Å². The third kappa shape index (κ3) is 6.15. The first-order valence-electron chi connectivity index (χ1n) is 14.7. The molecule has 1 saturated heterocycles. The molecule has 0 bridgehead atoms. The normalized spacial score (nSPS) is 19.7. The zero-order valence-electron chi connectivity index (χ0n) is 24.5. The van der Waals surface area contributed by atoms with Crippen molar-refractivity contribution < 1.29 is 14.4 Å². The number of hydrogen-bond acceptors (Lipinski definition) is 10. The van der Waals surface area contributed by atoms with Gasteiger partial charge >= 0.3 is 0 Å². The van der Waals surface area contributed by atoms with Crippen LogP contribution in [-0.2, 0) is 4.79 Å². The van der Waals surface area contributed by atoms with E-state index in [4.69, 9.17) is 25.3 Å². The van der Waals surface area contributed by atoms with Crippen molar-refractivity contribution in [3.63, 3.8) is 0 Å². The SMILES string of the molecule is CC(=O)O.CN1CCN(C2CCC(n3nc(-c4ccc(Nc5noc6ccccc56)cc4)c4c(N)ncnc43)CC2)CC1. The highest BCUT2D eigenvalue weighted by Gasteiger charge is 2.30. The number of carbonyl (C=O) groups is 1. The Labute approximate surface area is 249 Å². The minimum atomic E-state index is -0.833. The molecule has 43 heavy (non-hydrogen) atoms. The summed E-state index contributed by atoms with van der Waals surface area (Å²) in [5.41, 5.74) is 10.7. The number of anilines is 3. The maximum absolute atomic E-state index is 9.00. The van der Waals surface area contributed by atoms with Crippen LogP contribution in [0.25, 0.3) is 33.3 Å². The lowest BCUT2D eigenvalue weighted by Crippen LogP contribution is -2.49. The summed E-state index contributed by atoms with van der Waals surface area (Å²) in [5, 5.41) is 21.8. The van der Waals surface area contributed by atoms with Gasteiger partial charge in [-0.2, -0.15) is 5.10 Å². The summed E-state index contributed by atoms with van der Waals surface area (Å²) in [6.45, 7) is 5.74. The van der Waals surface area contributed by atoms with E-state index < -0.39 is 5.97 Å². The molecule has 2 aromatic carbocycles. The van der Waals surface area contributed by atoms with Gasteiger partial charge in [0.1, 0.15) is 17.8 Å². The fourth-order valence-electron chi connectivity index (χ4n) is 6.13. The number of nitrogens with one attached hydrogen (secondary N) is 1. The minimum Gasteiger partial charge on any atom is -0.481 e. The van der Waals surface area contributed by atoms with Crippen LogP contribution in [0.15, 0.2) is 59.4 Å². The second kappa shape index (κ2) is 12.4. The predicted octanol–water partition coefficient (Wildman–Crippen LogP) is 4.78. The second-order valence-electron chi connectivity index (χ2n) is 11.3. The van der Waals surface area contributed by atoms with Gasteiger partial charge in [0.05, 0.1) is 16.8 Å². The van der Waals surface area contributed by atoms with Gasteiger partial charge in [-0.05, 0) is 57.0 Å². The molecule has 7 rings (SSSR count). The number of benzene rings is 2. The molecular weight excluding hydrogens is 546 g/mol. The van der Waals surface area contributed by atoms with Crippen LogP contribution >= 0.6 is 0 Å². The first-order chi connectivity index (χ1) is 20.9. The lowest BCUT2D eigenvalue weighted by Gasteiger charge is -2.41. The third-order valence-corrected chi connectivity index (χ3v) is 8.38. The summed E-state index contributed by atoms with van der Waals surface area (Å²) >= 11 is 0. The highest BCUT2D eigenvalue weighted by molar-refractivity contribution is 5.98. The maximum Gasteiger partial charge on any atom is 0.300 e. The van der Waals surface area contributed by atoms with Crippen LogP contribution in [0, 0.1) is 0 Å². The molecule has 4 N–H and O–H groups in total. The molecule has 3 aromatic heterocycles. The molecule has 2 fully saturated rings. The zero-order valence-corrected chi connectivity index (χ0v) is 24.5. The van der Waals surface area contributed by atoms with Crippen LogP contribution in [0.2, 0.25) is 0 Å². The molecule has 1 aliphatic carbocycles. The number of carboxylic acid groups (broad SMARTS) is 1. The van der Waals surface area contributed by atoms with Crippen molar-refractivity contribution in [1.29, 1.82) is 0 Å². The first kappa shape index (κ1) is 28.6. The number of likely N-dealkylation sites (N-methyl/N-ethyl adjacent to an activating group) is 1. The van der Waals surface area contributed by atoms with Crippen LogP contribution in [-0.4, -0.2) is 85.0 Å². The van der Waals surface area contributed by atoms with Crippen molar-refractivity contribution in [2.24, 2.45) is 0 Å². The van der Waals surface area contributed by atoms with E-state index in [0.29, 0.717) is 23.7 Å². The molecule has 0 spiro atoms. The number of nitrogens with zero attached hydrogens (tertiary/aromatic N) is 7. The van der Waals surface area contributed by atoms with E-state index in [2.05, 4.69) is 42.0 Å².